The number of nitrogen functional groups attached to an aromatic ring is 1. The molecule has 0 aliphatic rings. The highest BCUT2D eigenvalue weighted by molar-refractivity contribution is 5.36. The first-order chi connectivity index (χ1) is 7.75. The van der Waals surface area contributed by atoms with Crippen LogP contribution in [0.1, 0.15) is 18.7 Å². The zero-order valence-electron chi connectivity index (χ0n) is 8.96. The van der Waals surface area contributed by atoms with Gasteiger partial charge in [-0.05, 0) is 25.1 Å². The van der Waals surface area contributed by atoms with E-state index in [1.165, 1.54) is 0 Å². The lowest BCUT2D eigenvalue weighted by atomic mass is 10.2. The van der Waals surface area contributed by atoms with Crippen LogP contribution >= 0.6 is 0 Å². The van der Waals surface area contributed by atoms with E-state index >= 15 is 0 Å². The number of nitrogens with two attached hydrogens (primary N) is 1. The Morgan fingerprint density at radius 1 is 1.19 bits per heavy atom. The zero-order chi connectivity index (χ0) is 11.4. The number of anilines is 2. The molecular weight excluding hydrogens is 202 g/mol. The van der Waals surface area contributed by atoms with Gasteiger partial charge in [-0.15, -0.1) is 0 Å². The molecule has 0 saturated carbocycles. The van der Waals surface area contributed by atoms with E-state index in [9.17, 15) is 0 Å². The van der Waals surface area contributed by atoms with Gasteiger partial charge >= 0.3 is 0 Å². The largest absolute Gasteiger partial charge is 0.384 e. The van der Waals surface area contributed by atoms with Gasteiger partial charge in [-0.3, -0.25) is 4.98 Å². The van der Waals surface area contributed by atoms with Crippen LogP contribution in [0.4, 0.5) is 11.8 Å². The summed E-state index contributed by atoms with van der Waals surface area (Å²) in [6, 6.07) is 7.47. The topological polar surface area (TPSA) is 76.7 Å². The van der Waals surface area contributed by atoms with Crippen LogP contribution in [-0.2, 0) is 0 Å². The van der Waals surface area contributed by atoms with Crippen LogP contribution < -0.4 is 11.1 Å². The van der Waals surface area contributed by atoms with Gasteiger partial charge in [0.15, 0.2) is 0 Å². The number of hydrogen-bond acceptors (Lipinski definition) is 5. The number of pyridine rings is 1. The minimum Gasteiger partial charge on any atom is -0.384 e. The average Bonchev–Trinajstić information content (AvgIpc) is 2.30. The molecule has 0 saturated heterocycles. The summed E-state index contributed by atoms with van der Waals surface area (Å²) in [6.45, 7) is 1.99. The molecule has 3 N–H and O–H groups in total. The van der Waals surface area contributed by atoms with Crippen LogP contribution in [0.25, 0.3) is 0 Å². The molecule has 82 valence electrons. The van der Waals surface area contributed by atoms with Gasteiger partial charge in [-0.2, -0.15) is 4.98 Å². The van der Waals surface area contributed by atoms with E-state index in [-0.39, 0.29) is 6.04 Å². The van der Waals surface area contributed by atoms with Crippen molar-refractivity contribution < 1.29 is 0 Å². The summed E-state index contributed by atoms with van der Waals surface area (Å²) in [7, 11) is 0. The highest BCUT2D eigenvalue weighted by atomic mass is 15.1. The second-order valence-corrected chi connectivity index (χ2v) is 3.43. The van der Waals surface area contributed by atoms with E-state index in [0.29, 0.717) is 11.8 Å². The molecule has 0 aromatic carbocycles. The van der Waals surface area contributed by atoms with Gasteiger partial charge in [0.25, 0.3) is 0 Å². The Labute approximate surface area is 93.8 Å². The fraction of sp³-hybridized carbons (Fsp3) is 0.182. The summed E-state index contributed by atoms with van der Waals surface area (Å²) in [5.74, 6) is 0.962. The minimum absolute atomic E-state index is 0.0444. The van der Waals surface area contributed by atoms with Crippen LogP contribution in [0.3, 0.4) is 0 Å². The Kier molecular flexibility index (Phi) is 2.95. The fourth-order valence-corrected chi connectivity index (χ4v) is 1.34. The van der Waals surface area contributed by atoms with Crippen LogP contribution in [0.2, 0.25) is 0 Å². The summed E-state index contributed by atoms with van der Waals surface area (Å²) in [5.41, 5.74) is 6.50. The monoisotopic (exact) mass is 215 g/mol. The van der Waals surface area contributed by atoms with E-state index < -0.39 is 0 Å². The third-order valence-electron chi connectivity index (χ3n) is 2.15. The predicted molar refractivity (Wildman–Crippen MR) is 62.7 cm³/mol. The molecule has 2 rings (SSSR count). The normalized spacial score (nSPS) is 12.1. The molecule has 16 heavy (non-hydrogen) atoms. The molecule has 0 radical (unpaired) electrons. The number of nitrogens with zero attached hydrogens (tertiary/aromatic N) is 3. The standard InChI is InChI=1S/C11H13N5/c1-8(9-4-2-3-6-13-9)15-11-14-7-5-10(12)16-11/h2-8H,1H3,(H3,12,14,15,16). The Balaban J connectivity index is 2.11. The molecule has 0 aliphatic heterocycles. The van der Waals surface area contributed by atoms with Crippen molar-refractivity contribution in [1.82, 2.24) is 15.0 Å². The molecule has 2 aromatic heterocycles. The molecule has 5 nitrogen and oxygen atoms in total. The number of aromatic nitrogens is 3. The van der Waals surface area contributed by atoms with E-state index in [1.54, 1.807) is 18.5 Å². The molecule has 0 spiro atoms. The molecule has 2 aromatic rings. The molecule has 2 heterocycles. The van der Waals surface area contributed by atoms with Crippen molar-refractivity contribution in [3.63, 3.8) is 0 Å². The maximum atomic E-state index is 5.57. The first kappa shape index (κ1) is 10.4. The third-order valence-corrected chi connectivity index (χ3v) is 2.15. The first-order valence-electron chi connectivity index (χ1n) is 5.01. The second-order valence-electron chi connectivity index (χ2n) is 3.43. The molecule has 1 atom stereocenters. The smallest absolute Gasteiger partial charge is 0.225 e. The zero-order valence-corrected chi connectivity index (χ0v) is 8.96. The third kappa shape index (κ3) is 2.44. The van der Waals surface area contributed by atoms with E-state index in [1.807, 2.05) is 25.1 Å². The first-order valence-corrected chi connectivity index (χ1v) is 5.01. The van der Waals surface area contributed by atoms with Crippen LogP contribution in [0.15, 0.2) is 36.7 Å². The molecule has 0 bridgehead atoms. The van der Waals surface area contributed by atoms with Gasteiger partial charge in [-0.25, -0.2) is 4.98 Å². The summed E-state index contributed by atoms with van der Waals surface area (Å²) < 4.78 is 0. The minimum atomic E-state index is 0.0444. The molecule has 5 heteroatoms. The lowest BCUT2D eigenvalue weighted by Gasteiger charge is -2.12. The van der Waals surface area contributed by atoms with Crippen LogP contribution in [0.5, 0.6) is 0 Å². The number of rotatable bonds is 3. The second kappa shape index (κ2) is 4.57. The Hall–Kier alpha value is -2.17. The Morgan fingerprint density at radius 3 is 2.75 bits per heavy atom. The number of nitrogens with one attached hydrogen (secondary N) is 1. The van der Waals surface area contributed by atoms with Crippen molar-refractivity contribution in [2.75, 3.05) is 11.1 Å². The molecule has 0 aliphatic carbocycles. The van der Waals surface area contributed by atoms with Gasteiger partial charge in [0.2, 0.25) is 5.95 Å². The Bertz CT molecular complexity index is 457. The van der Waals surface area contributed by atoms with Gasteiger partial charge < -0.3 is 11.1 Å². The predicted octanol–water partition coefficient (Wildman–Crippen LogP) is 1.63. The molecular formula is C11H13N5. The van der Waals surface area contributed by atoms with Crippen molar-refractivity contribution in [3.8, 4) is 0 Å². The average molecular weight is 215 g/mol. The molecule has 0 fully saturated rings. The van der Waals surface area contributed by atoms with Crippen LogP contribution in [-0.4, -0.2) is 15.0 Å². The highest BCUT2D eigenvalue weighted by Crippen LogP contribution is 2.13. The molecule has 0 amide bonds. The van der Waals surface area contributed by atoms with Crippen molar-refractivity contribution in [2.24, 2.45) is 0 Å². The van der Waals surface area contributed by atoms with Gasteiger partial charge in [-0.1, -0.05) is 6.07 Å². The maximum absolute atomic E-state index is 5.57. The van der Waals surface area contributed by atoms with Crippen molar-refractivity contribution >= 4 is 11.8 Å². The van der Waals surface area contributed by atoms with E-state index in [2.05, 4.69) is 20.3 Å². The van der Waals surface area contributed by atoms with Crippen molar-refractivity contribution in [1.29, 1.82) is 0 Å². The van der Waals surface area contributed by atoms with Gasteiger partial charge in [0.05, 0.1) is 11.7 Å². The quantitative estimate of drug-likeness (QED) is 0.813. The van der Waals surface area contributed by atoms with Crippen molar-refractivity contribution in [2.45, 2.75) is 13.0 Å². The van der Waals surface area contributed by atoms with E-state index in [4.69, 9.17) is 5.73 Å². The Morgan fingerprint density at radius 2 is 2.06 bits per heavy atom. The summed E-state index contributed by atoms with van der Waals surface area (Å²) >= 11 is 0. The van der Waals surface area contributed by atoms with E-state index in [0.717, 1.165) is 5.69 Å². The summed E-state index contributed by atoms with van der Waals surface area (Å²) in [6.07, 6.45) is 3.38. The van der Waals surface area contributed by atoms with Gasteiger partial charge in [0, 0.05) is 12.4 Å². The highest BCUT2D eigenvalue weighted by Gasteiger charge is 2.07. The lowest BCUT2D eigenvalue weighted by Crippen LogP contribution is -2.11. The molecule has 1 unspecified atom stereocenters. The van der Waals surface area contributed by atoms with Crippen molar-refractivity contribution in [3.05, 3.63) is 42.4 Å². The lowest BCUT2D eigenvalue weighted by molar-refractivity contribution is 0.822. The summed E-state index contributed by atoms with van der Waals surface area (Å²) in [4.78, 5) is 12.4. The van der Waals surface area contributed by atoms with Crippen LogP contribution in [0, 0.1) is 0 Å². The number of hydrogen-bond donors (Lipinski definition) is 2. The summed E-state index contributed by atoms with van der Waals surface area (Å²) in [5, 5.41) is 3.13. The SMILES string of the molecule is CC(Nc1nccc(N)n1)c1ccccn1. The van der Waals surface area contributed by atoms with Gasteiger partial charge in [0.1, 0.15) is 5.82 Å². The maximum Gasteiger partial charge on any atom is 0.225 e. The fourth-order valence-electron chi connectivity index (χ4n) is 1.34.